The van der Waals surface area contributed by atoms with E-state index in [0.29, 0.717) is 50.9 Å². The summed E-state index contributed by atoms with van der Waals surface area (Å²) < 4.78 is 21.1. The standard InChI is InChI=1S/C29H37ClFN5O2/c1-4-5-12-29-14-20(35-29)8-6-7-9-25(29)38-24-13-19(31)10-11-21(24)28(37)36-15-22(23(32)16-36)27-33-17(2)26(30)18(3)34-27/h10-11,13,20,25,35H,4-9,12,14-16,32H2,1-3H3/t20-,25-,29?/m1/s1. The molecule has 204 valence electrons. The molecule has 1 saturated carbocycles. The van der Waals surface area contributed by atoms with Crippen LogP contribution in [0.1, 0.15) is 85.9 Å². The maximum absolute atomic E-state index is 14.5. The Morgan fingerprint density at radius 3 is 2.66 bits per heavy atom. The number of rotatable bonds is 7. The number of carbonyl (C=O) groups excluding carboxylic acids is 1. The maximum Gasteiger partial charge on any atom is 0.258 e. The molecule has 0 spiro atoms. The number of nitrogens with one attached hydrogen (secondary N) is 1. The zero-order chi connectivity index (χ0) is 27.0. The first-order valence-corrected chi connectivity index (χ1v) is 14.1. The highest BCUT2D eigenvalue weighted by molar-refractivity contribution is 6.31. The van der Waals surface area contributed by atoms with Crippen molar-refractivity contribution < 1.29 is 13.9 Å². The summed E-state index contributed by atoms with van der Waals surface area (Å²) in [5, 5.41) is 4.32. The highest BCUT2D eigenvalue weighted by Crippen LogP contribution is 2.42. The van der Waals surface area contributed by atoms with Gasteiger partial charge in [0.15, 0.2) is 5.82 Å². The van der Waals surface area contributed by atoms with Crippen molar-refractivity contribution >= 4 is 23.1 Å². The molecule has 1 aromatic carbocycles. The predicted molar refractivity (Wildman–Crippen MR) is 147 cm³/mol. The van der Waals surface area contributed by atoms with Gasteiger partial charge in [0.05, 0.1) is 40.6 Å². The molecular weight excluding hydrogens is 505 g/mol. The Kier molecular flexibility index (Phi) is 7.65. The second kappa shape index (κ2) is 10.8. The number of hydrogen-bond acceptors (Lipinski definition) is 6. The Balaban J connectivity index is 1.38. The number of nitrogens with two attached hydrogens (primary N) is 1. The van der Waals surface area contributed by atoms with Crippen LogP contribution >= 0.6 is 11.6 Å². The molecule has 9 heteroatoms. The lowest BCUT2D eigenvalue weighted by Gasteiger charge is -2.55. The number of amides is 1. The highest BCUT2D eigenvalue weighted by atomic mass is 35.5. The maximum atomic E-state index is 14.5. The number of ether oxygens (including phenoxy) is 1. The van der Waals surface area contributed by atoms with Gasteiger partial charge in [-0.25, -0.2) is 14.4 Å². The van der Waals surface area contributed by atoms with E-state index >= 15 is 0 Å². The van der Waals surface area contributed by atoms with Gasteiger partial charge in [-0.2, -0.15) is 0 Å². The molecule has 0 radical (unpaired) electrons. The molecule has 3 N–H and O–H groups in total. The molecule has 6 rings (SSSR count). The van der Waals surface area contributed by atoms with Crippen molar-refractivity contribution in [1.82, 2.24) is 20.2 Å². The number of carbonyl (C=O) groups is 1. The summed E-state index contributed by atoms with van der Waals surface area (Å²) >= 11 is 6.25. The van der Waals surface area contributed by atoms with Gasteiger partial charge in [0, 0.05) is 23.4 Å². The van der Waals surface area contributed by atoms with E-state index in [-0.39, 0.29) is 30.6 Å². The number of nitrogens with zero attached hydrogens (tertiary/aromatic N) is 3. The van der Waals surface area contributed by atoms with Crippen LogP contribution in [-0.4, -0.2) is 51.5 Å². The minimum Gasteiger partial charge on any atom is -0.488 e. The number of aryl methyl sites for hydroxylation is 2. The van der Waals surface area contributed by atoms with Crippen molar-refractivity contribution in [2.45, 2.75) is 89.8 Å². The summed E-state index contributed by atoms with van der Waals surface area (Å²) in [5.74, 6) is 0.0897. The molecule has 3 aliphatic heterocycles. The zero-order valence-corrected chi connectivity index (χ0v) is 23.2. The van der Waals surface area contributed by atoms with Crippen LogP contribution in [0.25, 0.3) is 5.57 Å². The monoisotopic (exact) mass is 541 g/mol. The third-order valence-corrected chi connectivity index (χ3v) is 8.79. The normalized spacial score (nSPS) is 25.1. The van der Waals surface area contributed by atoms with E-state index in [9.17, 15) is 9.18 Å². The highest BCUT2D eigenvalue weighted by Gasteiger charge is 2.50. The van der Waals surface area contributed by atoms with E-state index in [0.717, 1.165) is 44.9 Å². The Morgan fingerprint density at radius 1 is 1.24 bits per heavy atom. The average molecular weight is 542 g/mol. The number of unbranched alkanes of at least 4 members (excludes halogenated alkanes) is 1. The Bertz CT molecular complexity index is 1230. The third kappa shape index (κ3) is 5.13. The Labute approximate surface area is 229 Å². The van der Waals surface area contributed by atoms with Crippen LogP contribution in [-0.2, 0) is 0 Å². The van der Waals surface area contributed by atoms with Crippen LogP contribution in [0.2, 0.25) is 5.02 Å². The summed E-state index contributed by atoms with van der Waals surface area (Å²) in [6.07, 6.45) is 8.42. The van der Waals surface area contributed by atoms with Crippen LogP contribution in [0.3, 0.4) is 0 Å². The van der Waals surface area contributed by atoms with E-state index in [2.05, 4.69) is 22.2 Å². The van der Waals surface area contributed by atoms with E-state index in [1.807, 2.05) is 13.8 Å². The van der Waals surface area contributed by atoms with Crippen LogP contribution in [0.4, 0.5) is 4.39 Å². The van der Waals surface area contributed by atoms with Gasteiger partial charge in [-0.1, -0.05) is 37.8 Å². The number of aromatic nitrogens is 2. The second-order valence-electron chi connectivity index (χ2n) is 11.0. The zero-order valence-electron chi connectivity index (χ0n) is 22.4. The van der Waals surface area contributed by atoms with Gasteiger partial charge in [-0.05, 0) is 58.1 Å². The predicted octanol–water partition coefficient (Wildman–Crippen LogP) is 5.32. The smallest absolute Gasteiger partial charge is 0.258 e. The van der Waals surface area contributed by atoms with E-state index in [1.54, 1.807) is 4.90 Å². The van der Waals surface area contributed by atoms with Gasteiger partial charge >= 0.3 is 0 Å². The minimum absolute atomic E-state index is 0.121. The molecule has 2 bridgehead atoms. The SMILES string of the molecule is CCCCC12C[C@@H](CCCC[C@H]1Oc1cc(F)ccc1C(=O)N1CC(N)=C(c3nc(C)c(Cl)c(C)n3)C1)N2. The van der Waals surface area contributed by atoms with Gasteiger partial charge in [-0.15, -0.1) is 0 Å². The molecule has 3 atom stereocenters. The largest absolute Gasteiger partial charge is 0.488 e. The van der Waals surface area contributed by atoms with Crippen LogP contribution in [0, 0.1) is 19.7 Å². The van der Waals surface area contributed by atoms with Crippen molar-refractivity contribution in [3.8, 4) is 5.75 Å². The van der Waals surface area contributed by atoms with Crippen LogP contribution in [0.15, 0.2) is 23.9 Å². The lowest BCUT2D eigenvalue weighted by atomic mass is 9.69. The van der Waals surface area contributed by atoms with Crippen molar-refractivity contribution in [3.05, 3.63) is 57.5 Å². The van der Waals surface area contributed by atoms with Crippen molar-refractivity contribution in [3.63, 3.8) is 0 Å². The first-order chi connectivity index (χ1) is 18.2. The minimum atomic E-state index is -0.426. The van der Waals surface area contributed by atoms with Gasteiger partial charge in [0.1, 0.15) is 17.7 Å². The van der Waals surface area contributed by atoms with Gasteiger partial charge in [0.25, 0.3) is 5.91 Å². The number of hydrogen-bond donors (Lipinski definition) is 2. The molecule has 7 nitrogen and oxygen atoms in total. The molecule has 1 aromatic heterocycles. The summed E-state index contributed by atoms with van der Waals surface area (Å²) in [6.45, 7) is 6.33. The number of fused-ring (bicyclic) bond motifs is 4. The molecule has 2 saturated heterocycles. The fourth-order valence-corrected chi connectivity index (χ4v) is 6.24. The molecule has 1 amide bonds. The molecule has 2 aromatic rings. The topological polar surface area (TPSA) is 93.4 Å². The van der Waals surface area contributed by atoms with Gasteiger partial charge in [-0.3, -0.25) is 4.79 Å². The lowest BCUT2D eigenvalue weighted by molar-refractivity contribution is -0.0225. The Hall–Kier alpha value is -2.71. The quantitative estimate of drug-likeness (QED) is 0.492. The number of halogens is 2. The van der Waals surface area contributed by atoms with E-state index in [4.69, 9.17) is 22.1 Å². The first-order valence-electron chi connectivity index (χ1n) is 13.7. The fourth-order valence-electron chi connectivity index (χ4n) is 6.16. The summed E-state index contributed by atoms with van der Waals surface area (Å²) in [5.41, 5.74) is 9.14. The third-order valence-electron chi connectivity index (χ3n) is 8.24. The second-order valence-corrected chi connectivity index (χ2v) is 11.4. The molecule has 3 fully saturated rings. The number of benzene rings is 1. The van der Waals surface area contributed by atoms with E-state index in [1.165, 1.54) is 24.6 Å². The lowest BCUT2D eigenvalue weighted by Crippen LogP contribution is -2.71. The molecule has 1 aliphatic carbocycles. The molecule has 4 heterocycles. The fraction of sp³-hybridized carbons (Fsp3) is 0.552. The summed E-state index contributed by atoms with van der Waals surface area (Å²) in [6, 6.07) is 4.70. The summed E-state index contributed by atoms with van der Waals surface area (Å²) in [7, 11) is 0. The van der Waals surface area contributed by atoms with Crippen molar-refractivity contribution in [1.29, 1.82) is 0 Å². The first kappa shape index (κ1) is 26.9. The summed E-state index contributed by atoms with van der Waals surface area (Å²) in [4.78, 5) is 24.4. The van der Waals surface area contributed by atoms with Crippen molar-refractivity contribution in [2.24, 2.45) is 5.73 Å². The van der Waals surface area contributed by atoms with Gasteiger partial charge in [0.2, 0.25) is 0 Å². The molecule has 38 heavy (non-hydrogen) atoms. The molecule has 4 aliphatic rings. The van der Waals surface area contributed by atoms with Crippen LogP contribution in [0.5, 0.6) is 5.75 Å². The molecule has 1 unspecified atom stereocenters. The van der Waals surface area contributed by atoms with Crippen molar-refractivity contribution in [2.75, 3.05) is 13.1 Å². The van der Waals surface area contributed by atoms with Gasteiger partial charge < -0.3 is 20.7 Å². The van der Waals surface area contributed by atoms with E-state index < -0.39 is 5.82 Å². The Morgan fingerprint density at radius 2 is 1.95 bits per heavy atom. The van der Waals surface area contributed by atoms with Crippen LogP contribution < -0.4 is 15.8 Å². The molecular formula is C29H37ClFN5O2. The average Bonchev–Trinajstić information content (AvgIpc) is 3.24.